The van der Waals surface area contributed by atoms with Crippen LogP contribution in [0, 0.1) is 0 Å². The van der Waals surface area contributed by atoms with Crippen LogP contribution in [0.3, 0.4) is 0 Å². The lowest BCUT2D eigenvalue weighted by molar-refractivity contribution is -0.141. The highest BCUT2D eigenvalue weighted by Gasteiger charge is 2.35. The molecule has 3 aromatic rings. The summed E-state index contributed by atoms with van der Waals surface area (Å²) in [7, 11) is -2.12. The van der Waals surface area contributed by atoms with Gasteiger partial charge in [0.2, 0.25) is 11.8 Å². The molecule has 8 nitrogen and oxygen atoms in total. The van der Waals surface area contributed by atoms with E-state index in [-0.39, 0.29) is 31.3 Å². The highest BCUT2D eigenvalue weighted by Crippen LogP contribution is 2.42. The summed E-state index contributed by atoms with van der Waals surface area (Å²) < 4.78 is 33.3. The average molecular weight is 538 g/mol. The summed E-state index contributed by atoms with van der Waals surface area (Å²) in [6.07, 6.45) is 0.403. The van der Waals surface area contributed by atoms with Gasteiger partial charge in [0.05, 0.1) is 17.7 Å². The molecule has 0 bridgehead atoms. The van der Waals surface area contributed by atoms with Crippen LogP contribution in [0.2, 0.25) is 0 Å². The topological polar surface area (TPSA) is 96.0 Å². The smallest absolute Gasteiger partial charge is 0.265 e. The summed E-state index contributed by atoms with van der Waals surface area (Å²) in [6, 6.07) is 17.4. The summed E-state index contributed by atoms with van der Waals surface area (Å²) in [5.41, 5.74) is 1.02. The zero-order valence-electron chi connectivity index (χ0n) is 22.5. The molecule has 0 radical (unpaired) electrons. The standard InChI is InChI=1S/C29H35N3O5S/c1-20(28(34)30-29(2,3)4)31(19-21-10-6-13-23(18-21)37-5)26(33)16-9-17-32-24-14-7-11-22-12-8-15-25(27(22)24)38(32,35)36/h6-8,10-15,18,20H,9,16-17,19H2,1-5H3,(H,30,34)/t20-/m1/s1. The first-order valence-corrected chi connectivity index (χ1v) is 14.2. The van der Waals surface area contributed by atoms with E-state index >= 15 is 0 Å². The Morgan fingerprint density at radius 2 is 1.74 bits per heavy atom. The number of carbonyl (C=O) groups excluding carboxylic acids is 2. The van der Waals surface area contributed by atoms with Crippen LogP contribution in [0.25, 0.3) is 10.8 Å². The van der Waals surface area contributed by atoms with Crippen molar-refractivity contribution in [2.45, 2.75) is 63.6 Å². The minimum atomic E-state index is -3.69. The van der Waals surface area contributed by atoms with E-state index in [2.05, 4.69) is 5.32 Å². The molecule has 9 heteroatoms. The maximum absolute atomic E-state index is 13.5. The molecule has 0 spiro atoms. The Balaban J connectivity index is 1.51. The predicted molar refractivity (Wildman–Crippen MR) is 149 cm³/mol. The molecule has 0 saturated carbocycles. The highest BCUT2D eigenvalue weighted by molar-refractivity contribution is 7.93. The maximum atomic E-state index is 13.5. The van der Waals surface area contributed by atoms with Crippen molar-refractivity contribution < 1.29 is 22.7 Å². The monoisotopic (exact) mass is 537 g/mol. The lowest BCUT2D eigenvalue weighted by atomic mass is 10.1. The van der Waals surface area contributed by atoms with Crippen LogP contribution in [-0.2, 0) is 26.2 Å². The maximum Gasteiger partial charge on any atom is 0.265 e. The van der Waals surface area contributed by atoms with Gasteiger partial charge in [-0.25, -0.2) is 8.42 Å². The van der Waals surface area contributed by atoms with Crippen LogP contribution in [0.4, 0.5) is 5.69 Å². The van der Waals surface area contributed by atoms with Gasteiger partial charge in [0.1, 0.15) is 11.8 Å². The summed E-state index contributed by atoms with van der Waals surface area (Å²) in [5, 5.41) is 4.53. The normalized spacial score (nSPS) is 14.8. The van der Waals surface area contributed by atoms with Gasteiger partial charge in [-0.3, -0.25) is 13.9 Å². The lowest BCUT2D eigenvalue weighted by Crippen LogP contribution is -2.52. The first-order valence-electron chi connectivity index (χ1n) is 12.7. The molecule has 0 aromatic heterocycles. The van der Waals surface area contributed by atoms with Crippen molar-refractivity contribution >= 4 is 38.3 Å². The van der Waals surface area contributed by atoms with Crippen LogP contribution >= 0.6 is 0 Å². The number of sulfonamides is 1. The van der Waals surface area contributed by atoms with E-state index in [9.17, 15) is 18.0 Å². The highest BCUT2D eigenvalue weighted by atomic mass is 32.2. The van der Waals surface area contributed by atoms with E-state index < -0.39 is 21.6 Å². The van der Waals surface area contributed by atoms with Gasteiger partial charge in [-0.15, -0.1) is 0 Å². The Kier molecular flexibility index (Phi) is 7.69. The van der Waals surface area contributed by atoms with E-state index in [1.165, 1.54) is 4.31 Å². The third-order valence-electron chi connectivity index (χ3n) is 6.59. The number of nitrogens with one attached hydrogen (secondary N) is 1. The molecule has 0 aliphatic carbocycles. The van der Waals surface area contributed by atoms with Crippen LogP contribution in [0.1, 0.15) is 46.1 Å². The van der Waals surface area contributed by atoms with Crippen LogP contribution in [0.15, 0.2) is 65.6 Å². The zero-order valence-corrected chi connectivity index (χ0v) is 23.3. The van der Waals surface area contributed by atoms with Crippen molar-refractivity contribution in [3.63, 3.8) is 0 Å². The average Bonchev–Trinajstić information content (AvgIpc) is 3.09. The number of methoxy groups -OCH3 is 1. The number of hydrogen-bond acceptors (Lipinski definition) is 5. The molecule has 1 N–H and O–H groups in total. The van der Waals surface area contributed by atoms with Gasteiger partial charge in [0.25, 0.3) is 10.0 Å². The number of nitrogens with zero attached hydrogens (tertiary/aromatic N) is 2. The minimum Gasteiger partial charge on any atom is -0.497 e. The van der Waals surface area contributed by atoms with Gasteiger partial charge in [0, 0.05) is 30.4 Å². The van der Waals surface area contributed by atoms with Gasteiger partial charge in [-0.2, -0.15) is 0 Å². The van der Waals surface area contributed by atoms with Gasteiger partial charge < -0.3 is 15.0 Å². The minimum absolute atomic E-state index is 0.0927. The number of anilines is 1. The van der Waals surface area contributed by atoms with Crippen molar-refractivity contribution in [2.24, 2.45) is 0 Å². The molecule has 2 amide bonds. The van der Waals surface area contributed by atoms with Crippen LogP contribution in [0.5, 0.6) is 5.75 Å². The largest absolute Gasteiger partial charge is 0.497 e. The molecule has 1 aliphatic heterocycles. The third kappa shape index (κ3) is 5.62. The second-order valence-electron chi connectivity index (χ2n) is 10.6. The molecule has 1 atom stereocenters. The molecule has 1 aliphatic rings. The van der Waals surface area contributed by atoms with Gasteiger partial charge >= 0.3 is 0 Å². The number of benzene rings is 3. The van der Waals surface area contributed by atoms with Crippen molar-refractivity contribution in [2.75, 3.05) is 18.0 Å². The summed E-state index contributed by atoms with van der Waals surface area (Å²) >= 11 is 0. The van der Waals surface area contributed by atoms with Crippen LogP contribution < -0.4 is 14.4 Å². The lowest BCUT2D eigenvalue weighted by Gasteiger charge is -2.31. The number of hydrogen-bond donors (Lipinski definition) is 1. The molecular weight excluding hydrogens is 502 g/mol. The van der Waals surface area contributed by atoms with E-state index in [0.29, 0.717) is 28.1 Å². The second kappa shape index (κ2) is 10.6. The quantitative estimate of drug-likeness (QED) is 0.435. The van der Waals surface area contributed by atoms with Gasteiger partial charge in [0.15, 0.2) is 0 Å². The second-order valence-corrected chi connectivity index (χ2v) is 12.4. The molecule has 4 rings (SSSR count). The summed E-state index contributed by atoms with van der Waals surface area (Å²) in [4.78, 5) is 28.3. The molecule has 3 aromatic carbocycles. The molecular formula is C29H35N3O5S. The molecule has 0 unspecified atom stereocenters. The van der Waals surface area contributed by atoms with E-state index in [1.54, 1.807) is 37.1 Å². The summed E-state index contributed by atoms with van der Waals surface area (Å²) in [6.45, 7) is 7.77. The molecule has 0 saturated heterocycles. The third-order valence-corrected chi connectivity index (χ3v) is 8.44. The predicted octanol–water partition coefficient (Wildman–Crippen LogP) is 4.47. The van der Waals surface area contributed by atoms with Gasteiger partial charge in [-0.1, -0.05) is 36.4 Å². The Morgan fingerprint density at radius 3 is 2.42 bits per heavy atom. The fraction of sp³-hybridized carbons (Fsp3) is 0.379. The molecule has 1 heterocycles. The Bertz CT molecular complexity index is 1460. The first kappa shape index (κ1) is 27.4. The number of ether oxygens (including phenoxy) is 1. The molecule has 0 fully saturated rings. The van der Waals surface area contributed by atoms with E-state index in [4.69, 9.17) is 4.74 Å². The number of amides is 2. The first-order chi connectivity index (χ1) is 17.9. The Hall–Kier alpha value is -3.59. The van der Waals surface area contributed by atoms with Crippen molar-refractivity contribution in [1.29, 1.82) is 0 Å². The van der Waals surface area contributed by atoms with E-state index in [0.717, 1.165) is 10.9 Å². The van der Waals surface area contributed by atoms with Crippen molar-refractivity contribution in [3.05, 3.63) is 66.2 Å². The number of carbonyl (C=O) groups is 2. The fourth-order valence-electron chi connectivity index (χ4n) is 4.74. The van der Waals surface area contributed by atoms with Crippen molar-refractivity contribution in [3.8, 4) is 5.75 Å². The van der Waals surface area contributed by atoms with E-state index in [1.807, 2.05) is 63.2 Å². The SMILES string of the molecule is COc1cccc(CN(C(=O)CCCN2c3cccc4cccc(c34)S2(=O)=O)[C@H](C)C(=O)NC(C)(C)C)c1. The Labute approximate surface area is 224 Å². The molecule has 202 valence electrons. The van der Waals surface area contributed by atoms with Crippen LogP contribution in [-0.4, -0.2) is 50.4 Å². The number of rotatable bonds is 9. The fourth-order valence-corrected chi connectivity index (χ4v) is 6.49. The molecule has 38 heavy (non-hydrogen) atoms. The summed E-state index contributed by atoms with van der Waals surface area (Å²) in [5.74, 6) is 0.185. The Morgan fingerprint density at radius 1 is 1.05 bits per heavy atom. The zero-order chi connectivity index (χ0) is 27.7. The van der Waals surface area contributed by atoms with Crippen molar-refractivity contribution in [1.82, 2.24) is 10.2 Å². The van der Waals surface area contributed by atoms with Gasteiger partial charge in [-0.05, 0) is 69.3 Å².